The molecule has 25 heavy (non-hydrogen) atoms. The van der Waals surface area contributed by atoms with Crippen molar-refractivity contribution in [3.8, 4) is 11.5 Å². The Morgan fingerprint density at radius 3 is 2.88 bits per heavy atom. The van der Waals surface area contributed by atoms with Crippen molar-refractivity contribution in [2.75, 3.05) is 14.2 Å². The number of allylic oxidation sites excluding steroid dienone is 1. The third-order valence-electron chi connectivity index (χ3n) is 3.70. The van der Waals surface area contributed by atoms with Crippen molar-refractivity contribution in [1.29, 1.82) is 0 Å². The molecule has 3 rings (SSSR count). The molecule has 0 aliphatic rings. The van der Waals surface area contributed by atoms with Crippen molar-refractivity contribution < 1.29 is 9.47 Å². The lowest BCUT2D eigenvalue weighted by Crippen LogP contribution is -2.22. The minimum atomic E-state index is -0.0359. The van der Waals surface area contributed by atoms with Gasteiger partial charge in [0, 0.05) is 17.9 Å². The van der Waals surface area contributed by atoms with Crippen LogP contribution >= 0.6 is 23.1 Å². The van der Waals surface area contributed by atoms with Gasteiger partial charge in [0.1, 0.15) is 16.3 Å². The molecule has 0 N–H and O–H groups in total. The summed E-state index contributed by atoms with van der Waals surface area (Å²) in [6.45, 7) is 4.17. The summed E-state index contributed by atoms with van der Waals surface area (Å²) >= 11 is 2.97. The number of hydrogen-bond acceptors (Lipinski definition) is 6. The minimum Gasteiger partial charge on any atom is -0.497 e. The number of ether oxygens (including phenoxy) is 2. The maximum atomic E-state index is 12.7. The second-order valence-electron chi connectivity index (χ2n) is 5.20. The van der Waals surface area contributed by atoms with E-state index < -0.39 is 0 Å². The Labute approximate surface area is 153 Å². The first-order valence-corrected chi connectivity index (χ1v) is 9.47. The van der Waals surface area contributed by atoms with Crippen LogP contribution in [-0.2, 0) is 12.3 Å². The van der Waals surface area contributed by atoms with E-state index in [1.807, 2.05) is 29.6 Å². The van der Waals surface area contributed by atoms with E-state index in [1.165, 1.54) is 23.1 Å². The fourth-order valence-corrected chi connectivity index (χ4v) is 4.26. The molecule has 0 amide bonds. The van der Waals surface area contributed by atoms with E-state index in [-0.39, 0.29) is 5.56 Å². The number of thiophene rings is 1. The molecule has 0 bridgehead atoms. The van der Waals surface area contributed by atoms with Crippen molar-refractivity contribution in [3.63, 3.8) is 0 Å². The van der Waals surface area contributed by atoms with Gasteiger partial charge < -0.3 is 9.47 Å². The van der Waals surface area contributed by atoms with Crippen LogP contribution in [0.5, 0.6) is 11.5 Å². The molecule has 7 heteroatoms. The van der Waals surface area contributed by atoms with Gasteiger partial charge in [0.2, 0.25) is 0 Å². The summed E-state index contributed by atoms with van der Waals surface area (Å²) in [7, 11) is 3.27. The number of hydrogen-bond donors (Lipinski definition) is 0. The molecule has 0 unspecified atom stereocenters. The molecular weight excluding hydrogens is 356 g/mol. The topological polar surface area (TPSA) is 53.4 Å². The second-order valence-corrected chi connectivity index (χ2v) is 7.04. The number of benzene rings is 1. The highest BCUT2D eigenvalue weighted by Gasteiger charge is 2.13. The zero-order valence-electron chi connectivity index (χ0n) is 14.0. The summed E-state index contributed by atoms with van der Waals surface area (Å²) in [5.74, 6) is 2.16. The van der Waals surface area contributed by atoms with Crippen LogP contribution in [0.4, 0.5) is 0 Å². The van der Waals surface area contributed by atoms with Gasteiger partial charge >= 0.3 is 0 Å². The van der Waals surface area contributed by atoms with Gasteiger partial charge in [-0.15, -0.1) is 17.9 Å². The minimum absolute atomic E-state index is 0.0359. The first-order chi connectivity index (χ1) is 12.2. The number of fused-ring (bicyclic) bond motifs is 1. The lowest BCUT2D eigenvalue weighted by atomic mass is 10.2. The summed E-state index contributed by atoms with van der Waals surface area (Å²) in [5.41, 5.74) is 0.948. The highest BCUT2D eigenvalue weighted by molar-refractivity contribution is 7.98. The average Bonchev–Trinajstić information content (AvgIpc) is 3.11. The molecule has 0 radical (unpaired) electrons. The Kier molecular flexibility index (Phi) is 5.45. The van der Waals surface area contributed by atoms with Crippen LogP contribution in [0, 0.1) is 0 Å². The summed E-state index contributed by atoms with van der Waals surface area (Å²) in [5, 5.41) is 3.21. The van der Waals surface area contributed by atoms with Crippen LogP contribution in [-0.4, -0.2) is 23.8 Å². The number of rotatable bonds is 7. The Balaban J connectivity index is 1.97. The van der Waals surface area contributed by atoms with Gasteiger partial charge in [-0.25, -0.2) is 4.98 Å². The first kappa shape index (κ1) is 17.6. The number of methoxy groups -OCH3 is 2. The first-order valence-electron chi connectivity index (χ1n) is 7.60. The normalized spacial score (nSPS) is 10.8. The predicted octanol–water partition coefficient (Wildman–Crippen LogP) is 3.95. The van der Waals surface area contributed by atoms with Gasteiger partial charge in [-0.1, -0.05) is 17.8 Å². The lowest BCUT2D eigenvalue weighted by Gasteiger charge is -2.12. The summed E-state index contributed by atoms with van der Waals surface area (Å²) in [6.07, 6.45) is 1.71. The molecule has 0 saturated carbocycles. The standard InChI is InChI=1S/C18H18N2O3S2/c1-4-8-20-17(21)14-7-9-24-16(14)19-18(20)25-11-12-10-13(22-2)5-6-15(12)23-3/h4-7,9-10H,1,8,11H2,2-3H3. The molecule has 0 aliphatic heterocycles. The van der Waals surface area contributed by atoms with Gasteiger partial charge in [-0.2, -0.15) is 0 Å². The fraction of sp³-hybridized carbons (Fsp3) is 0.222. The summed E-state index contributed by atoms with van der Waals surface area (Å²) in [4.78, 5) is 18.1. The summed E-state index contributed by atoms with van der Waals surface area (Å²) in [6, 6.07) is 7.48. The van der Waals surface area contributed by atoms with Crippen molar-refractivity contribution in [2.45, 2.75) is 17.5 Å². The molecule has 0 fully saturated rings. The lowest BCUT2D eigenvalue weighted by molar-refractivity contribution is 0.400. The van der Waals surface area contributed by atoms with Gasteiger partial charge in [0.15, 0.2) is 5.16 Å². The monoisotopic (exact) mass is 374 g/mol. The largest absolute Gasteiger partial charge is 0.497 e. The number of thioether (sulfide) groups is 1. The average molecular weight is 374 g/mol. The summed E-state index contributed by atoms with van der Waals surface area (Å²) < 4.78 is 12.4. The molecule has 1 aromatic carbocycles. The second kappa shape index (κ2) is 7.76. The highest BCUT2D eigenvalue weighted by Crippen LogP contribution is 2.30. The van der Waals surface area contributed by atoms with E-state index in [2.05, 4.69) is 11.6 Å². The SMILES string of the molecule is C=CCn1c(SCc2cc(OC)ccc2OC)nc2sccc2c1=O. The molecule has 0 atom stereocenters. The Morgan fingerprint density at radius 1 is 1.32 bits per heavy atom. The third-order valence-corrected chi connectivity index (χ3v) is 5.54. The van der Waals surface area contributed by atoms with Gasteiger partial charge in [0.25, 0.3) is 5.56 Å². The Bertz CT molecular complexity index is 963. The van der Waals surface area contributed by atoms with Crippen LogP contribution in [0.25, 0.3) is 10.2 Å². The van der Waals surface area contributed by atoms with Crippen molar-refractivity contribution in [1.82, 2.24) is 9.55 Å². The predicted molar refractivity (Wildman–Crippen MR) is 103 cm³/mol. The molecule has 3 aromatic rings. The van der Waals surface area contributed by atoms with E-state index in [9.17, 15) is 4.79 Å². The molecule has 2 aromatic heterocycles. The van der Waals surface area contributed by atoms with Gasteiger partial charge in [-0.05, 0) is 29.6 Å². The van der Waals surface area contributed by atoms with E-state index in [0.29, 0.717) is 22.8 Å². The van der Waals surface area contributed by atoms with E-state index in [1.54, 1.807) is 24.9 Å². The third kappa shape index (κ3) is 3.57. The van der Waals surface area contributed by atoms with Gasteiger partial charge in [0.05, 0.1) is 19.6 Å². The maximum Gasteiger partial charge on any atom is 0.263 e. The zero-order valence-corrected chi connectivity index (χ0v) is 15.7. The number of aromatic nitrogens is 2. The Hall–Kier alpha value is -2.25. The molecule has 5 nitrogen and oxygen atoms in total. The fourth-order valence-electron chi connectivity index (χ4n) is 2.47. The number of nitrogens with zero attached hydrogens (tertiary/aromatic N) is 2. The van der Waals surface area contributed by atoms with E-state index in [4.69, 9.17) is 9.47 Å². The molecule has 0 saturated heterocycles. The van der Waals surface area contributed by atoms with Gasteiger partial charge in [-0.3, -0.25) is 9.36 Å². The van der Waals surface area contributed by atoms with Crippen molar-refractivity contribution in [3.05, 3.63) is 58.2 Å². The smallest absolute Gasteiger partial charge is 0.263 e. The van der Waals surface area contributed by atoms with E-state index in [0.717, 1.165) is 21.9 Å². The molecule has 130 valence electrons. The van der Waals surface area contributed by atoms with Crippen molar-refractivity contribution in [2.24, 2.45) is 0 Å². The van der Waals surface area contributed by atoms with Crippen LogP contribution in [0.2, 0.25) is 0 Å². The van der Waals surface area contributed by atoms with Crippen LogP contribution in [0.3, 0.4) is 0 Å². The molecular formula is C18H18N2O3S2. The van der Waals surface area contributed by atoms with E-state index >= 15 is 0 Å². The highest BCUT2D eigenvalue weighted by atomic mass is 32.2. The van der Waals surface area contributed by atoms with Crippen LogP contribution < -0.4 is 15.0 Å². The molecule has 0 spiro atoms. The maximum absolute atomic E-state index is 12.7. The Morgan fingerprint density at radius 2 is 2.16 bits per heavy atom. The molecule has 0 aliphatic carbocycles. The van der Waals surface area contributed by atoms with Crippen LogP contribution in [0.1, 0.15) is 5.56 Å². The van der Waals surface area contributed by atoms with Crippen molar-refractivity contribution >= 4 is 33.3 Å². The zero-order chi connectivity index (χ0) is 17.8. The quantitative estimate of drug-likeness (QED) is 0.356. The molecule has 2 heterocycles. The van der Waals surface area contributed by atoms with Crippen LogP contribution in [0.15, 0.2) is 52.3 Å².